The van der Waals surface area contributed by atoms with Crippen molar-refractivity contribution in [2.45, 2.75) is 45.3 Å². The first kappa shape index (κ1) is 16.3. The number of carbonyl (C=O) groups excluding carboxylic acids is 1. The van der Waals surface area contributed by atoms with Crippen LogP contribution in [-0.4, -0.2) is 30.8 Å². The molecule has 2 rings (SSSR count). The highest BCUT2D eigenvalue weighted by atomic mass is 16.6. The lowest BCUT2D eigenvalue weighted by molar-refractivity contribution is 0.0497. The van der Waals surface area contributed by atoms with Crippen LogP contribution in [-0.2, 0) is 4.74 Å². The molecule has 6 heteroatoms. The summed E-state index contributed by atoms with van der Waals surface area (Å²) >= 11 is 0. The first-order valence-corrected chi connectivity index (χ1v) is 7.64. The zero-order valence-corrected chi connectivity index (χ0v) is 13.6. The maximum absolute atomic E-state index is 11.8. The quantitative estimate of drug-likeness (QED) is 0.729. The summed E-state index contributed by atoms with van der Waals surface area (Å²) in [5, 5.41) is 2.94. The molecule has 22 heavy (non-hydrogen) atoms. The molecule has 1 amide bonds. The summed E-state index contributed by atoms with van der Waals surface area (Å²) < 4.78 is 5.29. The van der Waals surface area contributed by atoms with Gasteiger partial charge in [-0.05, 0) is 51.8 Å². The first-order chi connectivity index (χ1) is 10.2. The second-order valence-electron chi connectivity index (χ2n) is 6.72. The third kappa shape index (κ3) is 4.44. The highest BCUT2D eigenvalue weighted by molar-refractivity contribution is 5.70. The Morgan fingerprint density at radius 3 is 2.41 bits per heavy atom. The summed E-state index contributed by atoms with van der Waals surface area (Å²) in [5.74, 6) is 0. The average Bonchev–Trinajstić information content (AvgIpc) is 2.40. The number of amides is 1. The minimum atomic E-state index is -0.466. The fourth-order valence-electron chi connectivity index (χ4n) is 2.52. The molecular weight excluding hydrogens is 280 g/mol. The molecule has 5 N–H and O–H groups in total. The Kier molecular flexibility index (Phi) is 4.68. The maximum Gasteiger partial charge on any atom is 0.407 e. The fraction of sp³-hybridized carbons (Fsp3) is 0.562. The van der Waals surface area contributed by atoms with Gasteiger partial charge in [0.15, 0.2) is 0 Å². The van der Waals surface area contributed by atoms with Gasteiger partial charge >= 0.3 is 6.09 Å². The van der Waals surface area contributed by atoms with Gasteiger partial charge in [0, 0.05) is 24.8 Å². The van der Waals surface area contributed by atoms with Crippen molar-refractivity contribution in [3.8, 4) is 0 Å². The lowest BCUT2D eigenvalue weighted by atomic mass is 10.0. The predicted molar refractivity (Wildman–Crippen MR) is 89.9 cm³/mol. The molecule has 6 nitrogen and oxygen atoms in total. The fourth-order valence-corrected chi connectivity index (χ4v) is 2.52. The summed E-state index contributed by atoms with van der Waals surface area (Å²) in [6, 6.07) is 5.86. The van der Waals surface area contributed by atoms with Gasteiger partial charge in [0.1, 0.15) is 5.60 Å². The van der Waals surface area contributed by atoms with Crippen LogP contribution < -0.4 is 21.7 Å². The Morgan fingerprint density at radius 2 is 1.86 bits per heavy atom. The molecule has 0 saturated carbocycles. The van der Waals surface area contributed by atoms with Gasteiger partial charge < -0.3 is 26.4 Å². The number of hydrogen-bond acceptors (Lipinski definition) is 5. The topological polar surface area (TPSA) is 93.6 Å². The minimum Gasteiger partial charge on any atom is -0.444 e. The van der Waals surface area contributed by atoms with Crippen molar-refractivity contribution >= 4 is 23.2 Å². The van der Waals surface area contributed by atoms with E-state index in [1.165, 1.54) is 0 Å². The Hall–Kier alpha value is -2.11. The highest BCUT2D eigenvalue weighted by Crippen LogP contribution is 2.25. The van der Waals surface area contributed by atoms with Crippen LogP contribution >= 0.6 is 0 Å². The minimum absolute atomic E-state index is 0.150. The van der Waals surface area contributed by atoms with Crippen LogP contribution in [0.15, 0.2) is 18.2 Å². The largest absolute Gasteiger partial charge is 0.444 e. The molecule has 1 fully saturated rings. The Balaban J connectivity index is 1.85. The van der Waals surface area contributed by atoms with Crippen molar-refractivity contribution in [3.05, 3.63) is 18.2 Å². The number of hydrogen-bond donors (Lipinski definition) is 3. The number of nitrogen functional groups attached to an aromatic ring is 2. The maximum atomic E-state index is 11.8. The molecule has 0 spiro atoms. The molecule has 0 aliphatic carbocycles. The number of nitrogens with one attached hydrogen (secondary N) is 1. The van der Waals surface area contributed by atoms with Crippen LogP contribution in [0.1, 0.15) is 33.6 Å². The van der Waals surface area contributed by atoms with Gasteiger partial charge in [0.2, 0.25) is 0 Å². The molecule has 1 aromatic carbocycles. The summed E-state index contributed by atoms with van der Waals surface area (Å²) in [7, 11) is 0. The van der Waals surface area contributed by atoms with Crippen LogP contribution in [0.5, 0.6) is 0 Å². The van der Waals surface area contributed by atoms with Gasteiger partial charge in [0.05, 0.1) is 11.4 Å². The summed E-state index contributed by atoms with van der Waals surface area (Å²) in [6.07, 6.45) is 1.41. The first-order valence-electron chi connectivity index (χ1n) is 7.64. The van der Waals surface area contributed by atoms with Crippen molar-refractivity contribution in [1.82, 2.24) is 5.32 Å². The van der Waals surface area contributed by atoms with Gasteiger partial charge in [-0.15, -0.1) is 0 Å². The van der Waals surface area contributed by atoms with E-state index in [0.29, 0.717) is 11.4 Å². The number of benzene rings is 1. The molecule has 1 aliphatic heterocycles. The van der Waals surface area contributed by atoms with Gasteiger partial charge in [-0.3, -0.25) is 0 Å². The number of ether oxygens (including phenoxy) is 1. The Bertz CT molecular complexity index is 531. The molecule has 0 atom stereocenters. The molecular formula is C16H26N4O2. The van der Waals surface area contributed by atoms with E-state index in [9.17, 15) is 4.79 Å². The van der Waals surface area contributed by atoms with Crippen LogP contribution in [0.4, 0.5) is 21.9 Å². The smallest absolute Gasteiger partial charge is 0.407 e. The highest BCUT2D eigenvalue weighted by Gasteiger charge is 2.23. The van der Waals surface area contributed by atoms with Crippen molar-refractivity contribution < 1.29 is 9.53 Å². The molecule has 0 radical (unpaired) electrons. The van der Waals surface area contributed by atoms with Crippen LogP contribution in [0.2, 0.25) is 0 Å². The monoisotopic (exact) mass is 306 g/mol. The third-order valence-corrected chi connectivity index (χ3v) is 3.65. The van der Waals surface area contributed by atoms with Gasteiger partial charge in [-0.25, -0.2) is 4.79 Å². The SMILES string of the molecule is CC(C)(C)OC(=O)NC1CCN(c2ccc(N)c(N)c2)CC1. The molecule has 0 aromatic heterocycles. The second kappa shape index (κ2) is 6.34. The van der Waals surface area contributed by atoms with Gasteiger partial charge in [-0.1, -0.05) is 0 Å². The Labute approximate surface area is 131 Å². The lowest BCUT2D eigenvalue weighted by Gasteiger charge is -2.34. The van der Waals surface area contributed by atoms with Crippen LogP contribution in [0.25, 0.3) is 0 Å². The number of anilines is 3. The van der Waals surface area contributed by atoms with Crippen molar-refractivity contribution in [3.63, 3.8) is 0 Å². The van der Waals surface area contributed by atoms with Gasteiger partial charge in [-0.2, -0.15) is 0 Å². The summed E-state index contributed by atoms with van der Waals surface area (Å²) in [6.45, 7) is 7.32. The van der Waals surface area contributed by atoms with E-state index in [1.54, 1.807) is 0 Å². The predicted octanol–water partition coefficient (Wildman–Crippen LogP) is 2.34. The molecule has 1 aromatic rings. The van der Waals surface area contributed by atoms with Crippen molar-refractivity contribution in [1.29, 1.82) is 0 Å². The van der Waals surface area contributed by atoms with Crippen LogP contribution in [0, 0.1) is 0 Å². The van der Waals surface area contributed by atoms with E-state index in [4.69, 9.17) is 16.2 Å². The van der Waals surface area contributed by atoms with E-state index in [-0.39, 0.29) is 12.1 Å². The zero-order valence-electron chi connectivity index (χ0n) is 13.6. The van der Waals surface area contributed by atoms with E-state index in [0.717, 1.165) is 31.6 Å². The Morgan fingerprint density at radius 1 is 1.23 bits per heavy atom. The van der Waals surface area contributed by atoms with Crippen LogP contribution in [0.3, 0.4) is 0 Å². The molecule has 1 saturated heterocycles. The molecule has 122 valence electrons. The lowest BCUT2D eigenvalue weighted by Crippen LogP contribution is -2.46. The van der Waals surface area contributed by atoms with Crippen molar-refractivity contribution in [2.24, 2.45) is 0 Å². The normalized spacial score (nSPS) is 16.4. The third-order valence-electron chi connectivity index (χ3n) is 3.65. The summed E-state index contributed by atoms with van der Waals surface area (Å²) in [5.41, 5.74) is 13.4. The number of nitrogens with two attached hydrogens (primary N) is 2. The molecule has 0 unspecified atom stereocenters. The molecule has 1 heterocycles. The standard InChI is InChI=1S/C16H26N4O2/c1-16(2,3)22-15(21)19-11-6-8-20(9-7-11)12-4-5-13(17)14(18)10-12/h4-5,10-11H,6-9,17-18H2,1-3H3,(H,19,21). The van der Waals surface area contributed by atoms with E-state index in [2.05, 4.69) is 10.2 Å². The van der Waals surface area contributed by atoms with E-state index >= 15 is 0 Å². The zero-order chi connectivity index (χ0) is 16.3. The van der Waals surface area contributed by atoms with Crippen molar-refractivity contribution in [2.75, 3.05) is 29.5 Å². The summed E-state index contributed by atoms with van der Waals surface area (Å²) in [4.78, 5) is 14.0. The number of nitrogens with zero attached hydrogens (tertiary/aromatic N) is 1. The molecule has 0 bridgehead atoms. The van der Waals surface area contributed by atoms with E-state index in [1.807, 2.05) is 39.0 Å². The number of carbonyl (C=O) groups is 1. The number of rotatable bonds is 2. The van der Waals surface area contributed by atoms with E-state index < -0.39 is 5.60 Å². The number of alkyl carbamates (subject to hydrolysis) is 1. The molecule has 1 aliphatic rings. The average molecular weight is 306 g/mol. The van der Waals surface area contributed by atoms with Gasteiger partial charge in [0.25, 0.3) is 0 Å². The number of piperidine rings is 1. The second-order valence-corrected chi connectivity index (χ2v) is 6.72.